The zero-order valence-electron chi connectivity index (χ0n) is 15.7. The summed E-state index contributed by atoms with van der Waals surface area (Å²) in [5.41, 5.74) is 2.87. The molecule has 0 aliphatic rings. The third kappa shape index (κ3) is 4.13. The van der Waals surface area contributed by atoms with E-state index in [0.29, 0.717) is 32.7 Å². The maximum atomic E-state index is 12.8. The molecule has 0 bridgehead atoms. The van der Waals surface area contributed by atoms with Crippen molar-refractivity contribution in [2.24, 2.45) is 0 Å². The molecule has 2 aromatic heterocycles. The number of carbonyl (C=O) groups is 2. The summed E-state index contributed by atoms with van der Waals surface area (Å²) < 4.78 is 6.80. The Morgan fingerprint density at radius 1 is 1.32 bits per heavy atom. The zero-order chi connectivity index (χ0) is 20.3. The number of H-pyrrole nitrogens is 1. The second kappa shape index (κ2) is 8.62. The van der Waals surface area contributed by atoms with Crippen LogP contribution in [0.3, 0.4) is 0 Å². The first-order chi connectivity index (χ1) is 13.4. The standard InChI is InChI=1S/C19H19ClN4O3S/c1-4-27-18(26)17-11(2)16(12(3)22-17)15(25)9-28-19-23-21-10-24(19)14-7-5-6-13(20)8-14/h5-8,10,22H,4,9H2,1-3H3. The van der Waals surface area contributed by atoms with Crippen molar-refractivity contribution in [3.05, 3.63) is 58.1 Å². The van der Waals surface area contributed by atoms with Gasteiger partial charge in [-0.15, -0.1) is 10.2 Å². The van der Waals surface area contributed by atoms with Gasteiger partial charge in [-0.2, -0.15) is 0 Å². The van der Waals surface area contributed by atoms with Gasteiger partial charge in [0.15, 0.2) is 10.9 Å². The van der Waals surface area contributed by atoms with Gasteiger partial charge in [0.2, 0.25) is 0 Å². The van der Waals surface area contributed by atoms with E-state index in [-0.39, 0.29) is 18.1 Å². The first-order valence-corrected chi connectivity index (χ1v) is 9.97. The number of nitrogens with zero attached hydrogens (tertiary/aromatic N) is 3. The normalized spacial score (nSPS) is 10.9. The minimum Gasteiger partial charge on any atom is -0.461 e. The van der Waals surface area contributed by atoms with Gasteiger partial charge in [-0.3, -0.25) is 9.36 Å². The molecule has 0 saturated carbocycles. The Morgan fingerprint density at radius 2 is 2.11 bits per heavy atom. The van der Waals surface area contributed by atoms with Crippen molar-refractivity contribution < 1.29 is 14.3 Å². The largest absolute Gasteiger partial charge is 0.461 e. The van der Waals surface area contributed by atoms with Gasteiger partial charge >= 0.3 is 5.97 Å². The number of aromatic amines is 1. The highest BCUT2D eigenvalue weighted by Crippen LogP contribution is 2.25. The maximum absolute atomic E-state index is 12.8. The van der Waals surface area contributed by atoms with Crippen molar-refractivity contribution in [3.63, 3.8) is 0 Å². The van der Waals surface area contributed by atoms with Crippen molar-refractivity contribution in [1.29, 1.82) is 0 Å². The van der Waals surface area contributed by atoms with Gasteiger partial charge in [0.25, 0.3) is 0 Å². The highest BCUT2D eigenvalue weighted by molar-refractivity contribution is 7.99. The van der Waals surface area contributed by atoms with E-state index in [1.165, 1.54) is 11.8 Å². The number of thioether (sulfide) groups is 1. The molecule has 0 amide bonds. The van der Waals surface area contributed by atoms with Crippen LogP contribution in [0, 0.1) is 13.8 Å². The summed E-state index contributed by atoms with van der Waals surface area (Å²) in [7, 11) is 0. The number of nitrogens with one attached hydrogen (secondary N) is 1. The number of benzene rings is 1. The highest BCUT2D eigenvalue weighted by atomic mass is 35.5. The van der Waals surface area contributed by atoms with Gasteiger partial charge in [-0.05, 0) is 44.5 Å². The number of hydrogen-bond acceptors (Lipinski definition) is 6. The Bertz CT molecular complexity index is 1030. The molecule has 1 N–H and O–H groups in total. The van der Waals surface area contributed by atoms with Crippen molar-refractivity contribution in [3.8, 4) is 5.69 Å². The van der Waals surface area contributed by atoms with E-state index >= 15 is 0 Å². The number of ketones is 1. The Hall–Kier alpha value is -2.58. The average Bonchev–Trinajstić information content (AvgIpc) is 3.24. The highest BCUT2D eigenvalue weighted by Gasteiger charge is 2.23. The lowest BCUT2D eigenvalue weighted by Crippen LogP contribution is -2.09. The molecule has 0 fully saturated rings. The SMILES string of the molecule is CCOC(=O)c1[nH]c(C)c(C(=O)CSc2nncn2-c2cccc(Cl)c2)c1C. The fraction of sp³-hybridized carbons (Fsp3) is 0.263. The molecule has 0 spiro atoms. The number of hydrogen-bond donors (Lipinski definition) is 1. The van der Waals surface area contributed by atoms with Crippen LogP contribution in [0.5, 0.6) is 0 Å². The molecule has 0 atom stereocenters. The van der Waals surface area contributed by atoms with Crippen LogP contribution in [-0.4, -0.2) is 43.9 Å². The summed E-state index contributed by atoms with van der Waals surface area (Å²) in [6.45, 7) is 5.51. The van der Waals surface area contributed by atoms with E-state index < -0.39 is 5.97 Å². The summed E-state index contributed by atoms with van der Waals surface area (Å²) in [6, 6.07) is 7.29. The summed E-state index contributed by atoms with van der Waals surface area (Å²) >= 11 is 7.32. The van der Waals surface area contributed by atoms with E-state index in [2.05, 4.69) is 15.2 Å². The smallest absolute Gasteiger partial charge is 0.355 e. The van der Waals surface area contributed by atoms with E-state index in [4.69, 9.17) is 16.3 Å². The lowest BCUT2D eigenvalue weighted by Gasteiger charge is -2.07. The van der Waals surface area contributed by atoms with Crippen LogP contribution >= 0.6 is 23.4 Å². The number of rotatable bonds is 7. The molecular weight excluding hydrogens is 400 g/mol. The molecular formula is C19H19ClN4O3S. The topological polar surface area (TPSA) is 89.9 Å². The fourth-order valence-corrected chi connectivity index (χ4v) is 3.89. The summed E-state index contributed by atoms with van der Waals surface area (Å²) in [5, 5.41) is 9.20. The number of carbonyl (C=O) groups excluding carboxylic acids is 2. The molecule has 0 aliphatic carbocycles. The summed E-state index contributed by atoms with van der Waals surface area (Å²) in [4.78, 5) is 27.8. The van der Waals surface area contributed by atoms with E-state index in [1.54, 1.807) is 43.8 Å². The molecule has 9 heteroatoms. The fourth-order valence-electron chi connectivity index (χ4n) is 2.90. The molecule has 28 heavy (non-hydrogen) atoms. The lowest BCUT2D eigenvalue weighted by molar-refractivity contribution is 0.0519. The minimum absolute atomic E-state index is 0.104. The Kier molecular flexibility index (Phi) is 6.21. The molecule has 1 aromatic carbocycles. The van der Waals surface area contributed by atoms with Crippen molar-refractivity contribution in [1.82, 2.24) is 19.7 Å². The molecule has 146 valence electrons. The van der Waals surface area contributed by atoms with Crippen molar-refractivity contribution in [2.75, 3.05) is 12.4 Å². The number of esters is 1. The third-order valence-corrected chi connectivity index (χ3v) is 5.31. The second-order valence-electron chi connectivity index (χ2n) is 6.02. The van der Waals surface area contributed by atoms with Crippen molar-refractivity contribution in [2.45, 2.75) is 25.9 Å². The number of Topliss-reactive ketones (excluding diaryl/α,β-unsaturated/α-hetero) is 1. The van der Waals surface area contributed by atoms with Gasteiger partial charge in [0.05, 0.1) is 18.0 Å². The Balaban J connectivity index is 1.78. The minimum atomic E-state index is -0.462. The predicted octanol–water partition coefficient (Wildman–Crippen LogP) is 4.02. The number of aromatic nitrogens is 4. The molecule has 3 aromatic rings. The van der Waals surface area contributed by atoms with Crippen LogP contribution < -0.4 is 0 Å². The van der Waals surface area contributed by atoms with Crippen LogP contribution in [-0.2, 0) is 4.74 Å². The van der Waals surface area contributed by atoms with Crippen LogP contribution in [0.15, 0.2) is 35.7 Å². The Morgan fingerprint density at radius 3 is 2.82 bits per heavy atom. The first-order valence-electron chi connectivity index (χ1n) is 8.60. The van der Waals surface area contributed by atoms with Gasteiger partial charge in [-0.1, -0.05) is 29.4 Å². The second-order valence-corrected chi connectivity index (χ2v) is 7.40. The van der Waals surface area contributed by atoms with Crippen LogP contribution in [0.4, 0.5) is 0 Å². The summed E-state index contributed by atoms with van der Waals surface area (Å²) in [6.07, 6.45) is 1.57. The summed E-state index contributed by atoms with van der Waals surface area (Å²) in [5.74, 6) is -0.413. The molecule has 0 aliphatic heterocycles. The van der Waals surface area contributed by atoms with Crippen LogP contribution in [0.1, 0.15) is 39.0 Å². The van der Waals surface area contributed by atoms with Crippen molar-refractivity contribution >= 4 is 35.1 Å². The number of aryl methyl sites for hydroxylation is 1. The lowest BCUT2D eigenvalue weighted by atomic mass is 10.1. The molecule has 7 nitrogen and oxygen atoms in total. The van der Waals surface area contributed by atoms with Gasteiger partial charge in [0.1, 0.15) is 12.0 Å². The van der Waals surface area contributed by atoms with Gasteiger partial charge < -0.3 is 9.72 Å². The average molecular weight is 419 g/mol. The Labute approximate surface area is 171 Å². The quantitative estimate of drug-likeness (QED) is 0.354. The molecule has 2 heterocycles. The monoisotopic (exact) mass is 418 g/mol. The number of halogens is 1. The number of ether oxygens (including phenoxy) is 1. The van der Waals surface area contributed by atoms with Crippen LogP contribution in [0.25, 0.3) is 5.69 Å². The third-order valence-electron chi connectivity index (χ3n) is 4.13. The van der Waals surface area contributed by atoms with E-state index in [9.17, 15) is 9.59 Å². The molecule has 0 radical (unpaired) electrons. The zero-order valence-corrected chi connectivity index (χ0v) is 17.2. The predicted molar refractivity (Wildman–Crippen MR) is 108 cm³/mol. The van der Waals surface area contributed by atoms with E-state index in [1.807, 2.05) is 12.1 Å². The molecule has 3 rings (SSSR count). The van der Waals surface area contributed by atoms with Crippen LogP contribution in [0.2, 0.25) is 5.02 Å². The first kappa shape index (κ1) is 20.2. The maximum Gasteiger partial charge on any atom is 0.355 e. The molecule has 0 unspecified atom stereocenters. The van der Waals surface area contributed by atoms with Gasteiger partial charge in [0, 0.05) is 16.3 Å². The van der Waals surface area contributed by atoms with Gasteiger partial charge in [-0.25, -0.2) is 4.79 Å². The molecule has 0 saturated heterocycles. The van der Waals surface area contributed by atoms with E-state index in [0.717, 1.165) is 5.69 Å².